The number of carbonyl (C=O) groups is 1. The van der Waals surface area contributed by atoms with E-state index in [2.05, 4.69) is 10.2 Å². The zero-order valence-corrected chi connectivity index (χ0v) is 14.2. The van der Waals surface area contributed by atoms with Crippen LogP contribution in [0.15, 0.2) is 42.5 Å². The fraction of sp³-hybridized carbons (Fsp3) is 0.300. The summed E-state index contributed by atoms with van der Waals surface area (Å²) in [6, 6.07) is 13.4. The standard InChI is InChI=1S/C20H21N3O2/c1-13-2-7-18-17(12-13)19(22-21-18)20(25)23-10-8-15(9-11-23)14-3-5-16(24)6-4-14/h2-7,12,15,24H,8-11H2,1H3,(H,21,22). The smallest absolute Gasteiger partial charge is 0.274 e. The number of likely N-dealkylation sites (tertiary alicyclic amines) is 1. The average molecular weight is 335 g/mol. The lowest BCUT2D eigenvalue weighted by atomic mass is 9.89. The van der Waals surface area contributed by atoms with Crippen molar-refractivity contribution in [1.29, 1.82) is 0 Å². The summed E-state index contributed by atoms with van der Waals surface area (Å²) >= 11 is 0. The van der Waals surface area contributed by atoms with Gasteiger partial charge in [-0.25, -0.2) is 0 Å². The molecule has 1 aliphatic heterocycles. The second kappa shape index (κ2) is 6.24. The Morgan fingerprint density at radius 3 is 2.60 bits per heavy atom. The number of phenols is 1. The molecule has 0 spiro atoms. The molecule has 1 amide bonds. The van der Waals surface area contributed by atoms with Crippen molar-refractivity contribution in [3.05, 3.63) is 59.3 Å². The van der Waals surface area contributed by atoms with E-state index in [1.54, 1.807) is 12.1 Å². The molecule has 1 fully saturated rings. The summed E-state index contributed by atoms with van der Waals surface area (Å²) in [5.74, 6) is 0.723. The number of hydrogen-bond donors (Lipinski definition) is 2. The minimum absolute atomic E-state index is 0.000932. The predicted molar refractivity (Wildman–Crippen MR) is 96.8 cm³/mol. The molecule has 25 heavy (non-hydrogen) atoms. The lowest BCUT2D eigenvalue weighted by molar-refractivity contribution is 0.0709. The zero-order valence-electron chi connectivity index (χ0n) is 14.2. The predicted octanol–water partition coefficient (Wildman–Crippen LogP) is 3.60. The Bertz CT molecular complexity index is 906. The van der Waals surface area contributed by atoms with Crippen LogP contribution in [0.4, 0.5) is 0 Å². The Balaban J connectivity index is 1.49. The minimum Gasteiger partial charge on any atom is -0.508 e. The van der Waals surface area contributed by atoms with Crippen molar-refractivity contribution in [2.24, 2.45) is 0 Å². The van der Waals surface area contributed by atoms with Crippen molar-refractivity contribution in [3.8, 4) is 5.75 Å². The highest BCUT2D eigenvalue weighted by atomic mass is 16.3. The topological polar surface area (TPSA) is 69.2 Å². The van der Waals surface area contributed by atoms with Crippen LogP contribution >= 0.6 is 0 Å². The van der Waals surface area contributed by atoms with Crippen molar-refractivity contribution in [2.45, 2.75) is 25.7 Å². The molecule has 0 radical (unpaired) electrons. The molecule has 5 heteroatoms. The van der Waals surface area contributed by atoms with Gasteiger partial charge in [0.1, 0.15) is 5.75 Å². The maximum atomic E-state index is 12.9. The van der Waals surface area contributed by atoms with Crippen LogP contribution in [0.3, 0.4) is 0 Å². The van der Waals surface area contributed by atoms with Gasteiger partial charge in [0.2, 0.25) is 0 Å². The highest BCUT2D eigenvalue weighted by Crippen LogP contribution is 2.30. The third-order valence-corrected chi connectivity index (χ3v) is 5.07. The molecule has 1 saturated heterocycles. The van der Waals surface area contributed by atoms with Crippen LogP contribution in [-0.4, -0.2) is 39.2 Å². The van der Waals surface area contributed by atoms with Crippen molar-refractivity contribution in [2.75, 3.05) is 13.1 Å². The number of phenolic OH excluding ortho intramolecular Hbond substituents is 1. The van der Waals surface area contributed by atoms with E-state index in [0.717, 1.165) is 42.4 Å². The van der Waals surface area contributed by atoms with Crippen LogP contribution in [0.5, 0.6) is 5.75 Å². The third-order valence-electron chi connectivity index (χ3n) is 5.07. The molecule has 0 atom stereocenters. The number of aryl methyl sites for hydroxylation is 1. The number of nitrogens with zero attached hydrogens (tertiary/aromatic N) is 2. The van der Waals surface area contributed by atoms with Crippen molar-refractivity contribution < 1.29 is 9.90 Å². The van der Waals surface area contributed by atoms with E-state index in [-0.39, 0.29) is 11.7 Å². The maximum Gasteiger partial charge on any atom is 0.274 e. The van der Waals surface area contributed by atoms with Gasteiger partial charge in [-0.15, -0.1) is 0 Å². The number of aromatic hydroxyl groups is 1. The second-order valence-corrected chi connectivity index (χ2v) is 6.78. The Morgan fingerprint density at radius 1 is 1.16 bits per heavy atom. The number of hydrogen-bond acceptors (Lipinski definition) is 3. The molecule has 0 unspecified atom stereocenters. The summed E-state index contributed by atoms with van der Waals surface area (Å²) < 4.78 is 0. The molecular weight excluding hydrogens is 314 g/mol. The van der Waals surface area contributed by atoms with Crippen LogP contribution < -0.4 is 0 Å². The zero-order chi connectivity index (χ0) is 17.4. The summed E-state index contributed by atoms with van der Waals surface area (Å²) in [7, 11) is 0. The van der Waals surface area contributed by atoms with Gasteiger partial charge in [-0.2, -0.15) is 5.10 Å². The fourth-order valence-electron chi connectivity index (χ4n) is 3.60. The number of piperidine rings is 1. The Kier molecular flexibility index (Phi) is 3.92. The van der Waals surface area contributed by atoms with Crippen molar-refractivity contribution in [1.82, 2.24) is 15.1 Å². The Labute approximate surface area is 146 Å². The molecule has 2 aromatic carbocycles. The van der Waals surface area contributed by atoms with E-state index in [4.69, 9.17) is 0 Å². The number of rotatable bonds is 2. The molecule has 2 heterocycles. The molecule has 1 aromatic heterocycles. The van der Waals surface area contributed by atoms with E-state index >= 15 is 0 Å². The first-order chi connectivity index (χ1) is 12.1. The number of H-pyrrole nitrogens is 1. The number of fused-ring (bicyclic) bond motifs is 1. The summed E-state index contributed by atoms with van der Waals surface area (Å²) in [4.78, 5) is 14.8. The quantitative estimate of drug-likeness (QED) is 0.752. The molecule has 128 valence electrons. The van der Waals surface area contributed by atoms with Gasteiger partial charge in [-0.05, 0) is 55.5 Å². The van der Waals surface area contributed by atoms with Gasteiger partial charge in [0, 0.05) is 18.5 Å². The summed E-state index contributed by atoms with van der Waals surface area (Å²) in [5.41, 5.74) is 3.76. The maximum absolute atomic E-state index is 12.9. The normalized spacial score (nSPS) is 15.6. The lowest BCUT2D eigenvalue weighted by Gasteiger charge is -2.32. The fourth-order valence-corrected chi connectivity index (χ4v) is 3.60. The van der Waals surface area contributed by atoms with E-state index in [1.165, 1.54) is 5.56 Å². The monoisotopic (exact) mass is 335 g/mol. The van der Waals surface area contributed by atoms with Gasteiger partial charge >= 0.3 is 0 Å². The van der Waals surface area contributed by atoms with E-state index in [9.17, 15) is 9.90 Å². The largest absolute Gasteiger partial charge is 0.508 e. The van der Waals surface area contributed by atoms with E-state index in [1.807, 2.05) is 42.2 Å². The van der Waals surface area contributed by atoms with E-state index < -0.39 is 0 Å². The molecule has 2 N–H and O–H groups in total. The molecule has 3 aromatic rings. The first-order valence-corrected chi connectivity index (χ1v) is 8.65. The van der Waals surface area contributed by atoms with Crippen LogP contribution in [0.2, 0.25) is 0 Å². The summed E-state index contributed by atoms with van der Waals surface area (Å²) in [6.07, 6.45) is 1.86. The highest BCUT2D eigenvalue weighted by Gasteiger charge is 2.26. The lowest BCUT2D eigenvalue weighted by Crippen LogP contribution is -2.38. The minimum atomic E-state index is 0.000932. The summed E-state index contributed by atoms with van der Waals surface area (Å²) in [6.45, 7) is 3.47. The Morgan fingerprint density at radius 2 is 1.88 bits per heavy atom. The third kappa shape index (κ3) is 2.97. The van der Waals surface area contributed by atoms with E-state index in [0.29, 0.717) is 11.6 Å². The van der Waals surface area contributed by atoms with Crippen LogP contribution in [0.1, 0.15) is 40.4 Å². The Hall–Kier alpha value is -2.82. The van der Waals surface area contributed by atoms with Gasteiger partial charge in [-0.1, -0.05) is 23.8 Å². The molecule has 4 rings (SSSR count). The van der Waals surface area contributed by atoms with Gasteiger partial charge in [0.15, 0.2) is 5.69 Å². The van der Waals surface area contributed by atoms with Crippen LogP contribution in [0.25, 0.3) is 10.9 Å². The number of aromatic nitrogens is 2. The molecule has 5 nitrogen and oxygen atoms in total. The highest BCUT2D eigenvalue weighted by molar-refractivity contribution is 6.04. The number of amides is 1. The van der Waals surface area contributed by atoms with Gasteiger partial charge in [0.05, 0.1) is 5.52 Å². The first kappa shape index (κ1) is 15.7. The first-order valence-electron chi connectivity index (χ1n) is 8.65. The van der Waals surface area contributed by atoms with Gasteiger partial charge in [-0.3, -0.25) is 9.89 Å². The number of carbonyl (C=O) groups excluding carboxylic acids is 1. The summed E-state index contributed by atoms with van der Waals surface area (Å²) in [5, 5.41) is 17.5. The molecule has 0 aliphatic carbocycles. The SMILES string of the molecule is Cc1ccc2[nH]nc(C(=O)N3CCC(c4ccc(O)cc4)CC3)c2c1. The van der Waals surface area contributed by atoms with Gasteiger partial charge < -0.3 is 10.0 Å². The number of nitrogens with one attached hydrogen (secondary N) is 1. The van der Waals surface area contributed by atoms with Gasteiger partial charge in [0.25, 0.3) is 5.91 Å². The van der Waals surface area contributed by atoms with Crippen LogP contribution in [0, 0.1) is 6.92 Å². The van der Waals surface area contributed by atoms with Crippen molar-refractivity contribution >= 4 is 16.8 Å². The average Bonchev–Trinajstić information content (AvgIpc) is 3.05. The number of benzene rings is 2. The molecule has 0 bridgehead atoms. The van der Waals surface area contributed by atoms with Crippen molar-refractivity contribution in [3.63, 3.8) is 0 Å². The molecule has 1 aliphatic rings. The second-order valence-electron chi connectivity index (χ2n) is 6.78. The molecule has 0 saturated carbocycles. The molecular formula is C20H21N3O2. The number of aromatic amines is 1. The van der Waals surface area contributed by atoms with Crippen LogP contribution in [-0.2, 0) is 0 Å².